The topological polar surface area (TPSA) is 58.6 Å². The summed E-state index contributed by atoms with van der Waals surface area (Å²) in [6.07, 6.45) is -0.931. The molecule has 0 aromatic heterocycles. The van der Waals surface area contributed by atoms with Crippen LogP contribution >= 0.6 is 11.6 Å². The first-order chi connectivity index (χ1) is 11.4. The number of benzene rings is 2. The lowest BCUT2D eigenvalue weighted by Crippen LogP contribution is -2.30. The minimum absolute atomic E-state index is 0.392. The number of hydrogen-bond donors (Lipinski definition) is 1. The molecule has 2 rings (SSSR count). The van der Waals surface area contributed by atoms with Crippen molar-refractivity contribution >= 4 is 34.9 Å². The Hall–Kier alpha value is -2.53. The minimum atomic E-state index is -0.931. The zero-order chi connectivity index (χ0) is 17.7. The summed E-state index contributed by atoms with van der Waals surface area (Å²) >= 11 is 5.87. The molecule has 0 aliphatic heterocycles. The van der Waals surface area contributed by atoms with Gasteiger partial charge in [-0.1, -0.05) is 23.7 Å². The van der Waals surface area contributed by atoms with Gasteiger partial charge in [-0.05, 0) is 43.3 Å². The normalized spacial score (nSPS) is 11.5. The zero-order valence-corrected chi connectivity index (χ0v) is 14.5. The molecular weight excluding hydrogens is 328 g/mol. The fourth-order valence-corrected chi connectivity index (χ4v) is 2.19. The second-order valence-electron chi connectivity index (χ2n) is 5.49. The van der Waals surface area contributed by atoms with Crippen LogP contribution in [0, 0.1) is 0 Å². The molecule has 2 aromatic carbocycles. The molecule has 126 valence electrons. The SMILES string of the molecule is C[C@H](OC(=O)c1cccc(N(C)C)c1)C(=O)Nc1cccc(Cl)c1. The van der Waals surface area contributed by atoms with Gasteiger partial charge in [0.05, 0.1) is 5.56 Å². The smallest absolute Gasteiger partial charge is 0.338 e. The third-order valence-corrected chi connectivity index (χ3v) is 3.58. The number of carbonyl (C=O) groups excluding carboxylic acids is 2. The van der Waals surface area contributed by atoms with Crippen LogP contribution in [0.5, 0.6) is 0 Å². The van der Waals surface area contributed by atoms with E-state index in [2.05, 4.69) is 5.32 Å². The lowest BCUT2D eigenvalue weighted by Gasteiger charge is -2.15. The predicted octanol–water partition coefficient (Wildman–Crippen LogP) is 3.59. The Labute approximate surface area is 146 Å². The first-order valence-corrected chi connectivity index (χ1v) is 7.79. The first kappa shape index (κ1) is 17.8. The maximum atomic E-state index is 12.2. The summed E-state index contributed by atoms with van der Waals surface area (Å²) in [6.45, 7) is 1.52. The van der Waals surface area contributed by atoms with Crippen molar-refractivity contribution in [2.45, 2.75) is 13.0 Å². The van der Waals surface area contributed by atoms with Gasteiger partial charge in [0.25, 0.3) is 5.91 Å². The van der Waals surface area contributed by atoms with Crippen molar-refractivity contribution in [3.63, 3.8) is 0 Å². The molecule has 2 aromatic rings. The van der Waals surface area contributed by atoms with Crippen LogP contribution in [-0.2, 0) is 9.53 Å². The summed E-state index contributed by atoms with van der Waals surface area (Å²) in [7, 11) is 3.76. The van der Waals surface area contributed by atoms with Crippen LogP contribution in [-0.4, -0.2) is 32.1 Å². The Balaban J connectivity index is 2.00. The number of halogens is 1. The molecule has 1 atom stereocenters. The zero-order valence-electron chi connectivity index (χ0n) is 13.7. The van der Waals surface area contributed by atoms with Gasteiger partial charge in [0.1, 0.15) is 0 Å². The average Bonchev–Trinajstić information content (AvgIpc) is 2.54. The summed E-state index contributed by atoms with van der Waals surface area (Å²) in [5, 5.41) is 3.17. The fraction of sp³-hybridized carbons (Fsp3) is 0.222. The van der Waals surface area contributed by atoms with Crippen molar-refractivity contribution in [2.24, 2.45) is 0 Å². The number of rotatable bonds is 5. The fourth-order valence-electron chi connectivity index (χ4n) is 2.00. The molecule has 0 heterocycles. The second kappa shape index (κ2) is 7.84. The molecule has 0 bridgehead atoms. The van der Waals surface area contributed by atoms with Crippen LogP contribution < -0.4 is 10.2 Å². The summed E-state index contributed by atoms with van der Waals surface area (Å²) in [6, 6.07) is 13.8. The molecule has 0 saturated carbocycles. The third-order valence-electron chi connectivity index (χ3n) is 3.34. The van der Waals surface area contributed by atoms with E-state index in [-0.39, 0.29) is 0 Å². The van der Waals surface area contributed by atoms with Crippen LogP contribution in [0.25, 0.3) is 0 Å². The van der Waals surface area contributed by atoms with Crippen molar-refractivity contribution in [1.29, 1.82) is 0 Å². The Kier molecular flexibility index (Phi) is 5.82. The molecule has 0 unspecified atom stereocenters. The van der Waals surface area contributed by atoms with Crippen LogP contribution in [0.3, 0.4) is 0 Å². The largest absolute Gasteiger partial charge is 0.449 e. The van der Waals surface area contributed by atoms with E-state index in [1.807, 2.05) is 25.1 Å². The van der Waals surface area contributed by atoms with Gasteiger partial charge in [0.15, 0.2) is 6.10 Å². The maximum Gasteiger partial charge on any atom is 0.338 e. The lowest BCUT2D eigenvalue weighted by atomic mass is 10.2. The molecule has 1 amide bonds. The van der Waals surface area contributed by atoms with Gasteiger partial charge >= 0.3 is 5.97 Å². The molecular formula is C18H19ClN2O3. The third kappa shape index (κ3) is 4.73. The van der Waals surface area contributed by atoms with E-state index in [1.165, 1.54) is 6.92 Å². The number of anilines is 2. The molecule has 0 aliphatic rings. The number of esters is 1. The molecule has 24 heavy (non-hydrogen) atoms. The highest BCUT2D eigenvalue weighted by Crippen LogP contribution is 2.17. The maximum absolute atomic E-state index is 12.2. The number of hydrogen-bond acceptors (Lipinski definition) is 4. The minimum Gasteiger partial charge on any atom is -0.449 e. The molecule has 0 fully saturated rings. The van der Waals surface area contributed by atoms with Crippen molar-refractivity contribution in [3.05, 3.63) is 59.1 Å². The van der Waals surface area contributed by atoms with Gasteiger partial charge in [-0.25, -0.2) is 4.79 Å². The van der Waals surface area contributed by atoms with Crippen molar-refractivity contribution in [1.82, 2.24) is 0 Å². The van der Waals surface area contributed by atoms with Gasteiger partial charge in [0.2, 0.25) is 0 Å². The lowest BCUT2D eigenvalue weighted by molar-refractivity contribution is -0.123. The van der Waals surface area contributed by atoms with Crippen molar-refractivity contribution in [3.8, 4) is 0 Å². The Morgan fingerprint density at radius 2 is 1.83 bits per heavy atom. The highest BCUT2D eigenvalue weighted by atomic mass is 35.5. The average molecular weight is 347 g/mol. The van der Waals surface area contributed by atoms with E-state index < -0.39 is 18.0 Å². The van der Waals surface area contributed by atoms with Crippen LogP contribution in [0.1, 0.15) is 17.3 Å². The highest BCUT2D eigenvalue weighted by Gasteiger charge is 2.19. The van der Waals surface area contributed by atoms with Gasteiger partial charge in [0, 0.05) is 30.5 Å². The van der Waals surface area contributed by atoms with Crippen molar-refractivity contribution < 1.29 is 14.3 Å². The molecule has 6 heteroatoms. The Morgan fingerprint density at radius 3 is 2.50 bits per heavy atom. The summed E-state index contributed by atoms with van der Waals surface area (Å²) < 4.78 is 5.23. The Bertz CT molecular complexity index is 747. The van der Waals surface area contributed by atoms with Crippen LogP contribution in [0.15, 0.2) is 48.5 Å². The quantitative estimate of drug-likeness (QED) is 0.840. The number of nitrogens with one attached hydrogen (secondary N) is 1. The molecule has 0 aliphatic carbocycles. The van der Waals surface area contributed by atoms with Gasteiger partial charge in [-0.3, -0.25) is 4.79 Å². The van der Waals surface area contributed by atoms with E-state index in [0.29, 0.717) is 16.3 Å². The first-order valence-electron chi connectivity index (χ1n) is 7.41. The standard InChI is InChI=1S/C18H19ClN2O3/c1-12(17(22)20-15-8-5-7-14(19)11-15)24-18(23)13-6-4-9-16(10-13)21(2)3/h4-12H,1-3H3,(H,20,22)/t12-/m0/s1. The summed E-state index contributed by atoms with van der Waals surface area (Å²) in [5.41, 5.74) is 1.81. The van der Waals surface area contributed by atoms with Gasteiger partial charge < -0.3 is 15.0 Å². The summed E-state index contributed by atoms with van der Waals surface area (Å²) in [4.78, 5) is 26.2. The van der Waals surface area contributed by atoms with Gasteiger partial charge in [-0.15, -0.1) is 0 Å². The van der Waals surface area contributed by atoms with E-state index >= 15 is 0 Å². The molecule has 5 nitrogen and oxygen atoms in total. The Morgan fingerprint density at radius 1 is 1.12 bits per heavy atom. The second-order valence-corrected chi connectivity index (χ2v) is 5.93. The molecule has 0 spiro atoms. The number of ether oxygens (including phenoxy) is 1. The predicted molar refractivity (Wildman–Crippen MR) is 95.7 cm³/mol. The van der Waals surface area contributed by atoms with Crippen molar-refractivity contribution in [2.75, 3.05) is 24.3 Å². The van der Waals surface area contributed by atoms with Crippen LogP contribution in [0.4, 0.5) is 11.4 Å². The number of amides is 1. The van der Waals surface area contributed by atoms with E-state index in [4.69, 9.17) is 16.3 Å². The van der Waals surface area contributed by atoms with E-state index in [0.717, 1.165) is 5.69 Å². The number of carbonyl (C=O) groups is 2. The molecule has 0 radical (unpaired) electrons. The van der Waals surface area contributed by atoms with Crippen LogP contribution in [0.2, 0.25) is 5.02 Å². The summed E-state index contributed by atoms with van der Waals surface area (Å²) in [5.74, 6) is -0.971. The van der Waals surface area contributed by atoms with E-state index in [1.54, 1.807) is 42.5 Å². The molecule has 1 N–H and O–H groups in total. The highest BCUT2D eigenvalue weighted by molar-refractivity contribution is 6.30. The molecule has 0 saturated heterocycles. The van der Waals surface area contributed by atoms with Gasteiger partial charge in [-0.2, -0.15) is 0 Å². The van der Waals surface area contributed by atoms with E-state index in [9.17, 15) is 9.59 Å². The number of nitrogens with zero attached hydrogens (tertiary/aromatic N) is 1. The monoisotopic (exact) mass is 346 g/mol.